The van der Waals surface area contributed by atoms with Crippen molar-refractivity contribution in [1.29, 1.82) is 0 Å². The van der Waals surface area contributed by atoms with Crippen molar-refractivity contribution >= 4 is 29.2 Å². The zero-order valence-electron chi connectivity index (χ0n) is 17.0. The van der Waals surface area contributed by atoms with Crippen molar-refractivity contribution in [2.24, 2.45) is 0 Å². The summed E-state index contributed by atoms with van der Waals surface area (Å²) >= 11 is 6.50. The number of halogens is 1. The molecule has 8 heteroatoms. The highest BCUT2D eigenvalue weighted by molar-refractivity contribution is 6.36. The summed E-state index contributed by atoms with van der Waals surface area (Å²) in [6.45, 7) is 3.90. The van der Waals surface area contributed by atoms with E-state index in [-0.39, 0.29) is 12.5 Å². The van der Waals surface area contributed by atoms with Crippen molar-refractivity contribution in [3.05, 3.63) is 64.2 Å². The smallest absolute Gasteiger partial charge is 0.337 e. The van der Waals surface area contributed by atoms with Crippen LogP contribution in [0.1, 0.15) is 33.2 Å². The van der Waals surface area contributed by atoms with Gasteiger partial charge in [-0.05, 0) is 36.8 Å². The number of esters is 1. The lowest BCUT2D eigenvalue weighted by molar-refractivity contribution is 0.0303. The van der Waals surface area contributed by atoms with Crippen LogP contribution in [-0.4, -0.2) is 61.8 Å². The van der Waals surface area contributed by atoms with Crippen LogP contribution < -0.4 is 5.32 Å². The van der Waals surface area contributed by atoms with Gasteiger partial charge in [-0.25, -0.2) is 4.79 Å². The van der Waals surface area contributed by atoms with Crippen LogP contribution in [0.25, 0.3) is 0 Å². The molecule has 0 spiro atoms. The monoisotopic (exact) mass is 432 g/mol. The van der Waals surface area contributed by atoms with Gasteiger partial charge in [0.25, 0.3) is 5.91 Å². The highest BCUT2D eigenvalue weighted by atomic mass is 35.5. The lowest BCUT2D eigenvalue weighted by Crippen LogP contribution is -2.40. The topological polar surface area (TPSA) is 88.1 Å². The van der Waals surface area contributed by atoms with Crippen molar-refractivity contribution in [1.82, 2.24) is 4.90 Å². The number of methoxy groups -OCH3 is 1. The van der Waals surface area contributed by atoms with Crippen LogP contribution in [-0.2, 0) is 15.1 Å². The first-order chi connectivity index (χ1) is 14.3. The van der Waals surface area contributed by atoms with Crippen molar-refractivity contribution < 1.29 is 24.2 Å². The van der Waals surface area contributed by atoms with E-state index in [1.165, 1.54) is 7.11 Å². The summed E-state index contributed by atoms with van der Waals surface area (Å²) in [4.78, 5) is 26.1. The number of hydrogen-bond donors (Lipinski definition) is 2. The van der Waals surface area contributed by atoms with Gasteiger partial charge in [0.2, 0.25) is 0 Å². The molecule has 1 unspecified atom stereocenters. The number of hydrogen-bond acceptors (Lipinski definition) is 6. The summed E-state index contributed by atoms with van der Waals surface area (Å²) in [6, 6.07) is 11.8. The quantitative estimate of drug-likeness (QED) is 0.682. The maximum Gasteiger partial charge on any atom is 0.337 e. The minimum atomic E-state index is -1.23. The van der Waals surface area contributed by atoms with Gasteiger partial charge >= 0.3 is 5.97 Å². The third-order valence-corrected chi connectivity index (χ3v) is 5.49. The molecule has 1 atom stereocenters. The third kappa shape index (κ3) is 4.92. The Labute approximate surface area is 180 Å². The Kier molecular flexibility index (Phi) is 6.97. The van der Waals surface area contributed by atoms with E-state index in [0.29, 0.717) is 53.7 Å². The molecule has 0 aliphatic carbocycles. The van der Waals surface area contributed by atoms with Crippen molar-refractivity contribution in [2.75, 3.05) is 45.3 Å². The van der Waals surface area contributed by atoms with Gasteiger partial charge in [-0.15, -0.1) is 0 Å². The van der Waals surface area contributed by atoms with Gasteiger partial charge in [-0.1, -0.05) is 29.8 Å². The van der Waals surface area contributed by atoms with E-state index in [0.717, 1.165) is 0 Å². The molecule has 1 amide bonds. The minimum absolute atomic E-state index is 0.142. The minimum Gasteiger partial charge on any atom is -0.465 e. The first-order valence-corrected chi connectivity index (χ1v) is 10.0. The molecule has 2 aromatic rings. The van der Waals surface area contributed by atoms with E-state index < -0.39 is 11.6 Å². The summed E-state index contributed by atoms with van der Waals surface area (Å²) in [5, 5.41) is 14.3. The number of carbonyl (C=O) groups is 2. The molecule has 2 N–H and O–H groups in total. The van der Waals surface area contributed by atoms with Gasteiger partial charge in [0, 0.05) is 19.6 Å². The fourth-order valence-corrected chi connectivity index (χ4v) is 3.50. The second-order valence-corrected chi connectivity index (χ2v) is 7.65. The number of morpholine rings is 1. The molecule has 1 aliphatic heterocycles. The van der Waals surface area contributed by atoms with Gasteiger partial charge in [0.05, 0.1) is 42.2 Å². The molecule has 1 saturated heterocycles. The summed E-state index contributed by atoms with van der Waals surface area (Å²) in [5.41, 5.74) is 0.761. The molecule has 0 aromatic heterocycles. The van der Waals surface area contributed by atoms with E-state index in [2.05, 4.69) is 10.1 Å². The summed E-state index contributed by atoms with van der Waals surface area (Å²) < 4.78 is 9.98. The molecule has 2 aromatic carbocycles. The first kappa shape index (κ1) is 22.1. The number of rotatable bonds is 6. The van der Waals surface area contributed by atoms with E-state index in [1.807, 2.05) is 0 Å². The van der Waals surface area contributed by atoms with Crippen LogP contribution >= 0.6 is 11.6 Å². The maximum absolute atomic E-state index is 12.8. The average molecular weight is 433 g/mol. The van der Waals surface area contributed by atoms with Crippen LogP contribution in [0.2, 0.25) is 5.02 Å². The largest absolute Gasteiger partial charge is 0.465 e. The Morgan fingerprint density at radius 2 is 1.87 bits per heavy atom. The second-order valence-electron chi connectivity index (χ2n) is 7.27. The van der Waals surface area contributed by atoms with Crippen molar-refractivity contribution in [3.8, 4) is 0 Å². The predicted octanol–water partition coefficient (Wildman–Crippen LogP) is 2.92. The fourth-order valence-electron chi connectivity index (χ4n) is 3.22. The molecule has 0 bridgehead atoms. The van der Waals surface area contributed by atoms with Crippen LogP contribution in [0.4, 0.5) is 5.69 Å². The molecule has 3 rings (SSSR count). The van der Waals surface area contributed by atoms with Gasteiger partial charge < -0.3 is 24.8 Å². The van der Waals surface area contributed by atoms with E-state index >= 15 is 0 Å². The lowest BCUT2D eigenvalue weighted by Gasteiger charge is -2.28. The molecule has 7 nitrogen and oxygen atoms in total. The van der Waals surface area contributed by atoms with Gasteiger partial charge in [0.1, 0.15) is 5.60 Å². The number of benzene rings is 2. The Morgan fingerprint density at radius 1 is 1.20 bits per heavy atom. The van der Waals surface area contributed by atoms with Crippen LogP contribution in [0, 0.1) is 0 Å². The highest BCUT2D eigenvalue weighted by Crippen LogP contribution is 2.29. The Hall–Kier alpha value is -2.61. The average Bonchev–Trinajstić information content (AvgIpc) is 2.78. The number of aliphatic hydroxyl groups is 1. The van der Waals surface area contributed by atoms with Crippen molar-refractivity contribution in [2.45, 2.75) is 12.5 Å². The molecule has 0 saturated carbocycles. The molecule has 1 aliphatic rings. The molecular formula is C22H25ClN2O5. The van der Waals surface area contributed by atoms with Crippen LogP contribution in [0.15, 0.2) is 42.5 Å². The maximum atomic E-state index is 12.8. The highest BCUT2D eigenvalue weighted by Gasteiger charge is 2.25. The standard InChI is InChI=1S/C22H25ClN2O5/c1-22(28,16-8-6-15(7-9-16)21(27)29-2)14-24-18-5-3-4-17(19(18)23)20(26)25-10-12-30-13-11-25/h3-9,24,28H,10-14H2,1-2H3. The first-order valence-electron chi connectivity index (χ1n) is 9.64. The number of carbonyl (C=O) groups excluding carboxylic acids is 2. The van der Waals surface area contributed by atoms with E-state index in [9.17, 15) is 14.7 Å². The van der Waals surface area contributed by atoms with Crippen molar-refractivity contribution in [3.63, 3.8) is 0 Å². The predicted molar refractivity (Wildman–Crippen MR) is 114 cm³/mol. The van der Waals surface area contributed by atoms with Crippen LogP contribution in [0.3, 0.4) is 0 Å². The number of nitrogens with zero attached hydrogens (tertiary/aromatic N) is 1. The van der Waals surface area contributed by atoms with E-state index in [1.54, 1.807) is 54.3 Å². The molecule has 1 fully saturated rings. The SMILES string of the molecule is COC(=O)c1ccc(C(C)(O)CNc2cccc(C(=O)N3CCOCC3)c2Cl)cc1. The zero-order valence-corrected chi connectivity index (χ0v) is 17.7. The third-order valence-electron chi connectivity index (χ3n) is 5.08. The summed E-state index contributed by atoms with van der Waals surface area (Å²) in [7, 11) is 1.32. The summed E-state index contributed by atoms with van der Waals surface area (Å²) in [6.07, 6.45) is 0. The van der Waals surface area contributed by atoms with E-state index in [4.69, 9.17) is 16.3 Å². The Bertz CT molecular complexity index is 908. The number of amides is 1. The van der Waals surface area contributed by atoms with Gasteiger partial charge in [-0.2, -0.15) is 0 Å². The number of nitrogens with one attached hydrogen (secondary N) is 1. The zero-order chi connectivity index (χ0) is 21.7. The van der Waals surface area contributed by atoms with Gasteiger partial charge in [0.15, 0.2) is 0 Å². The normalized spacial score (nSPS) is 15.9. The fraction of sp³-hybridized carbons (Fsp3) is 0.364. The summed E-state index contributed by atoms with van der Waals surface area (Å²) in [5.74, 6) is -0.579. The number of ether oxygens (including phenoxy) is 2. The molecular weight excluding hydrogens is 408 g/mol. The van der Waals surface area contributed by atoms with Gasteiger partial charge in [-0.3, -0.25) is 4.79 Å². The second kappa shape index (κ2) is 9.47. The Morgan fingerprint density at radius 3 is 2.50 bits per heavy atom. The Balaban J connectivity index is 1.71. The van der Waals surface area contributed by atoms with Crippen LogP contribution in [0.5, 0.6) is 0 Å². The lowest BCUT2D eigenvalue weighted by atomic mass is 9.95. The molecule has 0 radical (unpaired) electrons. The molecule has 160 valence electrons. The molecule has 1 heterocycles. The number of anilines is 1. The molecule has 30 heavy (non-hydrogen) atoms.